The average molecular weight is 454 g/mol. The zero-order valence-corrected chi connectivity index (χ0v) is 17.1. The first-order chi connectivity index (χ1) is 13.2. The fourth-order valence-electron chi connectivity index (χ4n) is 2.10. The van der Waals surface area contributed by atoms with Crippen molar-refractivity contribution in [3.8, 4) is 5.75 Å². The summed E-state index contributed by atoms with van der Waals surface area (Å²) < 4.78 is 41.4. The van der Waals surface area contributed by atoms with E-state index in [1.807, 2.05) is 6.92 Å². The number of alkyl halides is 3. The zero-order chi connectivity index (χ0) is 20.9. The van der Waals surface area contributed by atoms with Crippen LogP contribution in [-0.2, 0) is 4.79 Å². The van der Waals surface area contributed by atoms with Crippen LogP contribution in [0.1, 0.15) is 12.5 Å². The number of halogens is 5. The first kappa shape index (κ1) is 22.4. The van der Waals surface area contributed by atoms with E-state index in [0.717, 1.165) is 0 Å². The lowest BCUT2D eigenvalue weighted by Crippen LogP contribution is -2.27. The predicted octanol–water partition coefficient (Wildman–Crippen LogP) is 5.97. The molecule has 28 heavy (non-hydrogen) atoms. The number of benzene rings is 1. The molecule has 1 aromatic carbocycles. The number of nitrogens with zero attached hydrogens (tertiary/aromatic N) is 2. The van der Waals surface area contributed by atoms with E-state index >= 15 is 0 Å². The highest BCUT2D eigenvalue weighted by Crippen LogP contribution is 2.34. The van der Waals surface area contributed by atoms with Crippen LogP contribution >= 0.6 is 35.0 Å². The number of rotatable bonds is 6. The maximum atomic E-state index is 12.2. The standard InChI is InChI=1S/C17H16Cl2F3N3O2S/c1-3-28-16(24-15-10(2)13(18)14(19)23-15)25(9-26)11-4-6-12(7-5-11)27-8-17(20,21)22/h4-7,9,23H,3,8H2,1-2H3. The number of thioether (sulfide) groups is 1. The number of hydrogen-bond acceptors (Lipinski definition) is 4. The summed E-state index contributed by atoms with van der Waals surface area (Å²) in [6.07, 6.45) is -3.86. The topological polar surface area (TPSA) is 57.7 Å². The van der Waals surface area contributed by atoms with Gasteiger partial charge in [-0.15, -0.1) is 0 Å². The number of carbonyl (C=O) groups excluding carboxylic acids is 1. The van der Waals surface area contributed by atoms with Crippen LogP contribution in [0, 0.1) is 6.92 Å². The molecular weight excluding hydrogens is 438 g/mol. The highest BCUT2D eigenvalue weighted by molar-refractivity contribution is 8.14. The molecule has 0 fully saturated rings. The Kier molecular flexibility index (Phi) is 7.68. The number of aromatic nitrogens is 1. The molecule has 2 rings (SSSR count). The van der Waals surface area contributed by atoms with Gasteiger partial charge in [-0.05, 0) is 36.9 Å². The molecule has 0 unspecified atom stereocenters. The van der Waals surface area contributed by atoms with Gasteiger partial charge in [0, 0.05) is 5.56 Å². The SMILES string of the molecule is CCSC(=Nc1[nH]c(Cl)c(Cl)c1C)N(C=O)c1ccc(OCC(F)(F)F)cc1. The van der Waals surface area contributed by atoms with Crippen LogP contribution in [-0.4, -0.2) is 35.1 Å². The molecule has 0 saturated heterocycles. The molecule has 1 N–H and O–H groups in total. The quantitative estimate of drug-likeness (QED) is 0.332. The van der Waals surface area contributed by atoms with Crippen molar-refractivity contribution in [3.63, 3.8) is 0 Å². The van der Waals surface area contributed by atoms with Gasteiger partial charge in [-0.2, -0.15) is 13.2 Å². The predicted molar refractivity (Wildman–Crippen MR) is 107 cm³/mol. The van der Waals surface area contributed by atoms with Gasteiger partial charge >= 0.3 is 6.18 Å². The van der Waals surface area contributed by atoms with Crippen LogP contribution in [0.5, 0.6) is 5.75 Å². The molecule has 1 aromatic heterocycles. The lowest BCUT2D eigenvalue weighted by atomic mass is 10.3. The zero-order valence-electron chi connectivity index (χ0n) is 14.8. The third-order valence-corrected chi connectivity index (χ3v) is 5.10. The van der Waals surface area contributed by atoms with Crippen molar-refractivity contribution in [2.24, 2.45) is 4.99 Å². The molecule has 5 nitrogen and oxygen atoms in total. The van der Waals surface area contributed by atoms with Crippen molar-refractivity contribution in [2.75, 3.05) is 17.3 Å². The number of amidine groups is 1. The van der Waals surface area contributed by atoms with E-state index < -0.39 is 12.8 Å². The lowest BCUT2D eigenvalue weighted by molar-refractivity contribution is -0.153. The molecule has 11 heteroatoms. The Bertz CT molecular complexity index is 855. The minimum atomic E-state index is -4.43. The summed E-state index contributed by atoms with van der Waals surface area (Å²) in [5.41, 5.74) is 1.04. The van der Waals surface area contributed by atoms with Gasteiger partial charge in [0.05, 0.1) is 10.7 Å². The van der Waals surface area contributed by atoms with Gasteiger partial charge in [0.2, 0.25) is 6.41 Å². The summed E-state index contributed by atoms with van der Waals surface area (Å²) in [7, 11) is 0. The Morgan fingerprint density at radius 1 is 1.32 bits per heavy atom. The van der Waals surface area contributed by atoms with E-state index in [9.17, 15) is 18.0 Å². The average Bonchev–Trinajstić information content (AvgIpc) is 2.88. The number of ether oxygens (including phenoxy) is 1. The number of aromatic amines is 1. The van der Waals surface area contributed by atoms with Gasteiger partial charge in [-0.3, -0.25) is 9.69 Å². The van der Waals surface area contributed by atoms with Gasteiger partial charge in [0.15, 0.2) is 11.8 Å². The Morgan fingerprint density at radius 3 is 2.43 bits per heavy atom. The highest BCUT2D eigenvalue weighted by atomic mass is 35.5. The summed E-state index contributed by atoms with van der Waals surface area (Å²) in [6, 6.07) is 5.62. The molecule has 0 aliphatic heterocycles. The molecule has 0 spiro atoms. The Hall–Kier alpha value is -1.84. The van der Waals surface area contributed by atoms with Gasteiger partial charge < -0.3 is 9.72 Å². The number of nitrogens with one attached hydrogen (secondary N) is 1. The van der Waals surface area contributed by atoms with Crippen molar-refractivity contribution in [3.05, 3.63) is 40.0 Å². The first-order valence-electron chi connectivity index (χ1n) is 7.95. The normalized spacial score (nSPS) is 12.2. The summed E-state index contributed by atoms with van der Waals surface area (Å²) in [5, 5.41) is 0.923. The summed E-state index contributed by atoms with van der Waals surface area (Å²) >= 11 is 13.3. The van der Waals surface area contributed by atoms with Crippen LogP contribution in [0.4, 0.5) is 24.7 Å². The first-order valence-corrected chi connectivity index (χ1v) is 9.69. The van der Waals surface area contributed by atoms with Crippen molar-refractivity contribution >= 4 is 58.0 Å². The third kappa shape index (κ3) is 5.83. The number of hydrogen-bond donors (Lipinski definition) is 1. The summed E-state index contributed by atoms with van der Waals surface area (Å²) in [6.45, 7) is 2.23. The minimum Gasteiger partial charge on any atom is -0.484 e. The van der Waals surface area contributed by atoms with Crippen molar-refractivity contribution < 1.29 is 22.7 Å². The molecule has 1 heterocycles. The summed E-state index contributed by atoms with van der Waals surface area (Å²) in [5.74, 6) is 1.06. The number of amides is 1. The van der Waals surface area contributed by atoms with Gasteiger partial charge in [-0.1, -0.05) is 41.9 Å². The molecule has 2 aromatic rings. The molecule has 0 atom stereocenters. The second kappa shape index (κ2) is 9.58. The van der Waals surface area contributed by atoms with Crippen LogP contribution in [0.25, 0.3) is 0 Å². The van der Waals surface area contributed by atoms with Crippen molar-refractivity contribution in [2.45, 2.75) is 20.0 Å². The molecule has 0 aliphatic rings. The number of anilines is 1. The van der Waals surface area contributed by atoms with Crippen LogP contribution in [0.2, 0.25) is 10.2 Å². The van der Waals surface area contributed by atoms with E-state index in [4.69, 9.17) is 23.2 Å². The van der Waals surface area contributed by atoms with Crippen LogP contribution in [0.15, 0.2) is 29.3 Å². The van der Waals surface area contributed by atoms with Gasteiger partial charge in [0.25, 0.3) is 0 Å². The number of carbonyl (C=O) groups is 1. The van der Waals surface area contributed by atoms with E-state index in [2.05, 4.69) is 14.7 Å². The van der Waals surface area contributed by atoms with Gasteiger partial charge in [0.1, 0.15) is 16.7 Å². The largest absolute Gasteiger partial charge is 0.484 e. The molecular formula is C17H16Cl2F3N3O2S. The monoisotopic (exact) mass is 453 g/mol. The fraction of sp³-hybridized carbons (Fsp3) is 0.294. The van der Waals surface area contributed by atoms with Crippen LogP contribution < -0.4 is 9.64 Å². The van der Waals surface area contributed by atoms with E-state index in [0.29, 0.717) is 39.4 Å². The molecule has 0 saturated carbocycles. The third-order valence-electron chi connectivity index (χ3n) is 3.42. The van der Waals surface area contributed by atoms with E-state index in [1.165, 1.54) is 40.9 Å². The van der Waals surface area contributed by atoms with Crippen molar-refractivity contribution in [1.82, 2.24) is 4.98 Å². The molecule has 0 radical (unpaired) electrons. The Balaban J connectivity index is 2.30. The molecule has 1 amide bonds. The van der Waals surface area contributed by atoms with Gasteiger partial charge in [-0.25, -0.2) is 4.99 Å². The number of H-pyrrole nitrogens is 1. The number of aliphatic imine (C=N–C) groups is 1. The maximum Gasteiger partial charge on any atom is 0.422 e. The Morgan fingerprint density at radius 2 is 1.96 bits per heavy atom. The molecule has 0 bridgehead atoms. The van der Waals surface area contributed by atoms with Crippen molar-refractivity contribution in [1.29, 1.82) is 0 Å². The summed E-state index contributed by atoms with van der Waals surface area (Å²) in [4.78, 5) is 20.2. The molecule has 0 aliphatic carbocycles. The fourth-order valence-corrected chi connectivity index (χ4v) is 3.17. The smallest absolute Gasteiger partial charge is 0.422 e. The molecule has 152 valence electrons. The second-order valence-electron chi connectivity index (χ2n) is 5.43. The van der Waals surface area contributed by atoms with E-state index in [1.54, 1.807) is 6.92 Å². The highest BCUT2D eigenvalue weighted by Gasteiger charge is 2.28. The van der Waals surface area contributed by atoms with Crippen LogP contribution in [0.3, 0.4) is 0 Å². The Labute approximate surface area is 173 Å². The van der Waals surface area contributed by atoms with E-state index in [-0.39, 0.29) is 10.9 Å². The maximum absolute atomic E-state index is 12.2. The second-order valence-corrected chi connectivity index (χ2v) is 7.41. The minimum absolute atomic E-state index is 0.0346. The lowest BCUT2D eigenvalue weighted by Gasteiger charge is -2.19.